The standard InChI is InChI=1S/C18H19FN8O/c19-12-2-1-3-15(8-12)27-17-16(24-25-27)10-20-18(23-17)22-13-9-21-26(11-13)14-4-6-28-7-5-14/h2,8-11,14H,1,3-7H2,(H,20,22,23). The number of ether oxygens (including phenoxy) is 1. The Labute approximate surface area is 159 Å². The zero-order valence-electron chi connectivity index (χ0n) is 15.1. The Morgan fingerprint density at radius 3 is 2.96 bits per heavy atom. The largest absolute Gasteiger partial charge is 0.381 e. The first kappa shape index (κ1) is 17.0. The van der Waals surface area contributed by atoms with E-state index in [0.29, 0.717) is 36.0 Å². The van der Waals surface area contributed by atoms with E-state index in [-0.39, 0.29) is 5.83 Å². The lowest BCUT2D eigenvalue weighted by atomic mass is 10.1. The summed E-state index contributed by atoms with van der Waals surface area (Å²) in [5.41, 5.74) is 2.62. The number of hydrogen-bond acceptors (Lipinski definition) is 7. The molecule has 28 heavy (non-hydrogen) atoms. The summed E-state index contributed by atoms with van der Waals surface area (Å²) < 4.78 is 22.5. The van der Waals surface area contributed by atoms with Gasteiger partial charge in [0.15, 0.2) is 11.2 Å². The number of hydrogen-bond donors (Lipinski definition) is 1. The lowest BCUT2D eigenvalue weighted by molar-refractivity contribution is 0.0662. The molecule has 1 fully saturated rings. The minimum atomic E-state index is -0.266. The molecule has 9 nitrogen and oxygen atoms in total. The van der Waals surface area contributed by atoms with Crippen molar-refractivity contribution < 1.29 is 9.13 Å². The second-order valence-corrected chi connectivity index (χ2v) is 6.84. The Balaban J connectivity index is 1.40. The maximum atomic E-state index is 13.6. The second kappa shape index (κ2) is 7.12. The van der Waals surface area contributed by atoms with E-state index in [9.17, 15) is 4.39 Å². The fourth-order valence-corrected chi connectivity index (χ4v) is 3.48. The molecular formula is C18H19FN8O. The van der Waals surface area contributed by atoms with Crippen LogP contribution in [0.25, 0.3) is 16.9 Å². The topological polar surface area (TPSA) is 95.6 Å². The molecule has 0 amide bonds. The van der Waals surface area contributed by atoms with Crippen LogP contribution in [0.2, 0.25) is 0 Å². The highest BCUT2D eigenvalue weighted by Crippen LogP contribution is 2.25. The minimum absolute atomic E-state index is 0.266. The van der Waals surface area contributed by atoms with E-state index >= 15 is 0 Å². The number of nitrogens with one attached hydrogen (secondary N) is 1. The van der Waals surface area contributed by atoms with E-state index < -0.39 is 0 Å². The van der Waals surface area contributed by atoms with Crippen LogP contribution in [0.15, 0.2) is 36.6 Å². The Bertz CT molecular complexity index is 1060. The molecule has 2 aliphatic rings. The second-order valence-electron chi connectivity index (χ2n) is 6.84. The predicted molar refractivity (Wildman–Crippen MR) is 100 cm³/mol. The van der Waals surface area contributed by atoms with Crippen LogP contribution < -0.4 is 5.32 Å². The molecule has 0 radical (unpaired) electrons. The molecule has 1 saturated heterocycles. The van der Waals surface area contributed by atoms with Crippen LogP contribution >= 0.6 is 0 Å². The van der Waals surface area contributed by atoms with Gasteiger partial charge in [-0.25, -0.2) is 9.37 Å². The Morgan fingerprint density at radius 2 is 2.11 bits per heavy atom. The number of nitrogens with zero attached hydrogens (tertiary/aromatic N) is 7. The van der Waals surface area contributed by atoms with Gasteiger partial charge in [0.2, 0.25) is 5.95 Å². The van der Waals surface area contributed by atoms with E-state index in [1.165, 1.54) is 6.08 Å². The molecule has 3 aromatic rings. The van der Waals surface area contributed by atoms with Crippen molar-refractivity contribution >= 4 is 28.5 Å². The van der Waals surface area contributed by atoms with E-state index in [0.717, 1.165) is 37.4 Å². The van der Waals surface area contributed by atoms with Crippen LogP contribution in [0.1, 0.15) is 31.7 Å². The summed E-state index contributed by atoms with van der Waals surface area (Å²) in [6, 6.07) is 0.347. The van der Waals surface area contributed by atoms with Gasteiger partial charge in [-0.15, -0.1) is 5.10 Å². The van der Waals surface area contributed by atoms with Gasteiger partial charge in [-0.05, 0) is 37.8 Å². The smallest absolute Gasteiger partial charge is 0.229 e. The van der Waals surface area contributed by atoms with Crippen LogP contribution in [0.4, 0.5) is 16.0 Å². The number of aromatic nitrogens is 7. The van der Waals surface area contributed by atoms with Crippen molar-refractivity contribution in [3.8, 4) is 0 Å². The van der Waals surface area contributed by atoms with Crippen LogP contribution in [0, 0.1) is 0 Å². The van der Waals surface area contributed by atoms with Crippen molar-refractivity contribution in [1.29, 1.82) is 0 Å². The van der Waals surface area contributed by atoms with Gasteiger partial charge in [-0.3, -0.25) is 4.68 Å². The molecule has 0 aromatic carbocycles. The highest BCUT2D eigenvalue weighted by Gasteiger charge is 2.17. The van der Waals surface area contributed by atoms with Gasteiger partial charge < -0.3 is 10.1 Å². The first-order chi connectivity index (χ1) is 13.8. The summed E-state index contributed by atoms with van der Waals surface area (Å²) >= 11 is 0. The molecule has 1 N–H and O–H groups in total. The average molecular weight is 382 g/mol. The molecule has 5 rings (SSSR count). The summed E-state index contributed by atoms with van der Waals surface area (Å²) in [5, 5.41) is 15.8. The molecule has 3 aromatic heterocycles. The van der Waals surface area contributed by atoms with Crippen LogP contribution in [-0.2, 0) is 4.74 Å². The zero-order chi connectivity index (χ0) is 18.9. The highest BCUT2D eigenvalue weighted by molar-refractivity contribution is 5.75. The van der Waals surface area contributed by atoms with Gasteiger partial charge in [0, 0.05) is 25.1 Å². The lowest BCUT2D eigenvalue weighted by Crippen LogP contribution is -2.19. The molecule has 0 bridgehead atoms. The third-order valence-electron chi connectivity index (χ3n) is 4.93. The summed E-state index contributed by atoms with van der Waals surface area (Å²) in [5.74, 6) is 0.146. The normalized spacial score (nSPS) is 18.2. The fraction of sp³-hybridized carbons (Fsp3) is 0.389. The summed E-state index contributed by atoms with van der Waals surface area (Å²) in [7, 11) is 0. The van der Waals surface area contributed by atoms with Crippen LogP contribution in [0.5, 0.6) is 0 Å². The highest BCUT2D eigenvalue weighted by atomic mass is 19.1. The van der Waals surface area contributed by atoms with Crippen molar-refractivity contribution in [1.82, 2.24) is 34.7 Å². The average Bonchev–Trinajstić information content (AvgIpc) is 3.35. The zero-order valence-corrected chi connectivity index (χ0v) is 15.1. The van der Waals surface area contributed by atoms with Crippen molar-refractivity contribution in [3.63, 3.8) is 0 Å². The van der Waals surface area contributed by atoms with Crippen molar-refractivity contribution in [3.05, 3.63) is 36.6 Å². The number of rotatable bonds is 4. The number of halogens is 1. The summed E-state index contributed by atoms with van der Waals surface area (Å²) in [6.45, 7) is 1.52. The van der Waals surface area contributed by atoms with Gasteiger partial charge in [-0.2, -0.15) is 14.8 Å². The molecule has 10 heteroatoms. The fourth-order valence-electron chi connectivity index (χ4n) is 3.48. The van der Waals surface area contributed by atoms with Gasteiger partial charge in [-0.1, -0.05) is 5.21 Å². The number of anilines is 2. The maximum absolute atomic E-state index is 13.6. The Hall–Kier alpha value is -3.14. The first-order valence-electron chi connectivity index (χ1n) is 9.30. The van der Waals surface area contributed by atoms with Gasteiger partial charge in [0.25, 0.3) is 0 Å². The summed E-state index contributed by atoms with van der Waals surface area (Å²) in [6.07, 6.45) is 11.5. The van der Waals surface area contributed by atoms with Crippen molar-refractivity contribution in [2.45, 2.75) is 31.7 Å². The predicted octanol–water partition coefficient (Wildman–Crippen LogP) is 3.00. The van der Waals surface area contributed by atoms with E-state index in [4.69, 9.17) is 4.74 Å². The molecular weight excluding hydrogens is 363 g/mol. The van der Waals surface area contributed by atoms with Crippen molar-refractivity contribution in [2.24, 2.45) is 0 Å². The van der Waals surface area contributed by atoms with E-state index in [2.05, 4.69) is 30.7 Å². The Kier molecular flexibility index (Phi) is 4.32. The van der Waals surface area contributed by atoms with Gasteiger partial charge in [0.1, 0.15) is 5.83 Å². The molecule has 1 aliphatic heterocycles. The molecule has 144 valence electrons. The third kappa shape index (κ3) is 3.26. The molecule has 0 saturated carbocycles. The molecule has 4 heterocycles. The van der Waals surface area contributed by atoms with Crippen LogP contribution in [0.3, 0.4) is 0 Å². The Morgan fingerprint density at radius 1 is 1.21 bits per heavy atom. The molecule has 0 unspecified atom stereocenters. The quantitative estimate of drug-likeness (QED) is 0.741. The summed E-state index contributed by atoms with van der Waals surface area (Å²) in [4.78, 5) is 8.83. The van der Waals surface area contributed by atoms with Gasteiger partial charge in [0.05, 0.1) is 24.1 Å². The maximum Gasteiger partial charge on any atom is 0.229 e. The lowest BCUT2D eigenvalue weighted by Gasteiger charge is -2.22. The van der Waals surface area contributed by atoms with Gasteiger partial charge >= 0.3 is 0 Å². The SMILES string of the molecule is FC1=CCCC(n2nnc3cnc(Nc4cnn(C5CCOCC5)c4)nc32)=C1. The number of fused-ring (bicyclic) bond motifs is 1. The first-order valence-corrected chi connectivity index (χ1v) is 9.30. The molecule has 0 atom stereocenters. The minimum Gasteiger partial charge on any atom is -0.381 e. The van der Waals surface area contributed by atoms with Crippen molar-refractivity contribution in [2.75, 3.05) is 18.5 Å². The monoisotopic (exact) mass is 382 g/mol. The van der Waals surface area contributed by atoms with E-state index in [1.54, 1.807) is 23.2 Å². The third-order valence-corrected chi connectivity index (χ3v) is 4.93. The van der Waals surface area contributed by atoms with Crippen LogP contribution in [-0.4, -0.2) is 48.0 Å². The molecule has 1 aliphatic carbocycles. The number of allylic oxidation sites excluding steroid dienone is 4. The molecule has 0 spiro atoms. The van der Waals surface area contributed by atoms with E-state index in [1.807, 2.05) is 10.9 Å².